The maximum atomic E-state index is 3.75. The number of unbranched alkanes of at least 4 members (excludes halogenated alkanes) is 3. The van der Waals surface area contributed by atoms with Crippen LogP contribution in [0.15, 0.2) is 41.4 Å². The van der Waals surface area contributed by atoms with Gasteiger partial charge in [0.2, 0.25) is 0 Å². The van der Waals surface area contributed by atoms with Crippen LogP contribution in [-0.4, -0.2) is 7.05 Å². The van der Waals surface area contributed by atoms with Gasteiger partial charge in [-0.15, -0.1) is 6.58 Å². The molecule has 17 heavy (non-hydrogen) atoms. The first-order chi connectivity index (χ1) is 8.27. The van der Waals surface area contributed by atoms with Crippen LogP contribution in [0.1, 0.15) is 43.7 Å². The van der Waals surface area contributed by atoms with Crippen molar-refractivity contribution < 1.29 is 0 Å². The molecule has 1 unspecified atom stereocenters. The van der Waals surface area contributed by atoms with Crippen molar-refractivity contribution in [2.45, 2.75) is 38.1 Å². The summed E-state index contributed by atoms with van der Waals surface area (Å²) in [7, 11) is 2.04. The van der Waals surface area contributed by atoms with Gasteiger partial charge in [0, 0.05) is 10.5 Å². The van der Waals surface area contributed by atoms with Crippen molar-refractivity contribution in [1.29, 1.82) is 0 Å². The van der Waals surface area contributed by atoms with Gasteiger partial charge in [-0.2, -0.15) is 0 Å². The molecule has 1 rings (SSSR count). The fraction of sp³-hybridized carbons (Fsp3) is 0.467. The molecule has 1 aromatic carbocycles. The molecule has 0 aromatic heterocycles. The van der Waals surface area contributed by atoms with Gasteiger partial charge in [0.05, 0.1) is 0 Å². The molecular formula is C15H22BrN. The summed E-state index contributed by atoms with van der Waals surface area (Å²) in [6, 6.07) is 9.03. The number of benzene rings is 1. The van der Waals surface area contributed by atoms with Gasteiger partial charge >= 0.3 is 0 Å². The van der Waals surface area contributed by atoms with Crippen molar-refractivity contribution >= 4 is 15.9 Å². The molecule has 0 bridgehead atoms. The molecule has 1 atom stereocenters. The second-order valence-corrected chi connectivity index (χ2v) is 5.24. The van der Waals surface area contributed by atoms with E-state index in [9.17, 15) is 0 Å². The zero-order valence-electron chi connectivity index (χ0n) is 10.6. The minimum Gasteiger partial charge on any atom is -0.313 e. The molecule has 2 heteroatoms. The third-order valence-corrected chi connectivity index (χ3v) is 3.49. The van der Waals surface area contributed by atoms with E-state index in [1.165, 1.54) is 31.2 Å². The van der Waals surface area contributed by atoms with E-state index in [4.69, 9.17) is 0 Å². The third-order valence-electron chi connectivity index (χ3n) is 3.00. The van der Waals surface area contributed by atoms with Gasteiger partial charge in [0.25, 0.3) is 0 Å². The number of halogens is 1. The van der Waals surface area contributed by atoms with E-state index in [0.717, 1.165) is 10.9 Å². The molecule has 1 N–H and O–H groups in total. The Morgan fingerprint density at radius 2 is 2.18 bits per heavy atom. The molecule has 0 aliphatic heterocycles. The van der Waals surface area contributed by atoms with Crippen molar-refractivity contribution in [2.24, 2.45) is 0 Å². The monoisotopic (exact) mass is 295 g/mol. The van der Waals surface area contributed by atoms with Crippen LogP contribution < -0.4 is 5.32 Å². The maximum absolute atomic E-state index is 3.75. The van der Waals surface area contributed by atoms with Gasteiger partial charge in [0.1, 0.15) is 0 Å². The Kier molecular flexibility index (Phi) is 7.22. The predicted molar refractivity (Wildman–Crippen MR) is 79.2 cm³/mol. The minimum atomic E-state index is 0.469. The highest BCUT2D eigenvalue weighted by atomic mass is 79.9. The Labute approximate surface area is 113 Å². The summed E-state index contributed by atoms with van der Waals surface area (Å²) in [6.07, 6.45) is 8.16. The molecule has 0 radical (unpaired) electrons. The van der Waals surface area contributed by atoms with Crippen molar-refractivity contribution in [3.8, 4) is 0 Å². The Hall–Kier alpha value is -0.600. The fourth-order valence-electron chi connectivity index (χ4n) is 2.01. The van der Waals surface area contributed by atoms with Crippen LogP contribution in [0.2, 0.25) is 0 Å². The molecule has 0 amide bonds. The number of nitrogens with one attached hydrogen (secondary N) is 1. The molecule has 0 fully saturated rings. The van der Waals surface area contributed by atoms with Crippen LogP contribution in [0.4, 0.5) is 0 Å². The van der Waals surface area contributed by atoms with Gasteiger partial charge in [0.15, 0.2) is 0 Å². The lowest BCUT2D eigenvalue weighted by Crippen LogP contribution is -2.16. The van der Waals surface area contributed by atoms with Crippen LogP contribution in [-0.2, 0) is 0 Å². The van der Waals surface area contributed by atoms with E-state index in [2.05, 4.69) is 52.1 Å². The van der Waals surface area contributed by atoms with E-state index < -0.39 is 0 Å². The molecule has 94 valence electrons. The van der Waals surface area contributed by atoms with E-state index in [1.54, 1.807) is 0 Å². The number of rotatable bonds is 8. The average Bonchev–Trinajstić information content (AvgIpc) is 2.34. The highest BCUT2D eigenvalue weighted by Crippen LogP contribution is 2.22. The summed E-state index contributed by atoms with van der Waals surface area (Å²) >= 11 is 3.52. The standard InChI is InChI=1S/C15H22BrN/c1-3-4-5-6-7-11-15(17-2)13-9-8-10-14(16)12-13/h3,8-10,12,15,17H,1,4-7,11H2,2H3. The zero-order valence-corrected chi connectivity index (χ0v) is 12.2. The average molecular weight is 296 g/mol. The lowest BCUT2D eigenvalue weighted by atomic mass is 10.0. The Morgan fingerprint density at radius 3 is 2.82 bits per heavy atom. The summed E-state index contributed by atoms with van der Waals surface area (Å²) < 4.78 is 1.15. The smallest absolute Gasteiger partial charge is 0.0317 e. The fourth-order valence-corrected chi connectivity index (χ4v) is 2.43. The molecule has 1 nitrogen and oxygen atoms in total. The largest absolute Gasteiger partial charge is 0.313 e. The molecule has 0 saturated carbocycles. The topological polar surface area (TPSA) is 12.0 Å². The molecule has 1 aromatic rings. The van der Waals surface area contributed by atoms with Gasteiger partial charge < -0.3 is 5.32 Å². The van der Waals surface area contributed by atoms with E-state index in [-0.39, 0.29) is 0 Å². The van der Waals surface area contributed by atoms with Gasteiger partial charge in [-0.25, -0.2) is 0 Å². The second-order valence-electron chi connectivity index (χ2n) is 4.32. The van der Waals surface area contributed by atoms with Gasteiger partial charge in [-0.1, -0.05) is 47.0 Å². The highest BCUT2D eigenvalue weighted by Gasteiger charge is 2.08. The number of hydrogen-bond acceptors (Lipinski definition) is 1. The molecule has 0 heterocycles. The van der Waals surface area contributed by atoms with Crippen molar-refractivity contribution in [2.75, 3.05) is 7.05 Å². The first-order valence-electron chi connectivity index (χ1n) is 6.31. The lowest BCUT2D eigenvalue weighted by molar-refractivity contribution is 0.508. The number of hydrogen-bond donors (Lipinski definition) is 1. The molecular weight excluding hydrogens is 274 g/mol. The summed E-state index contributed by atoms with van der Waals surface area (Å²) in [5, 5.41) is 3.40. The second kappa shape index (κ2) is 8.48. The van der Waals surface area contributed by atoms with E-state index >= 15 is 0 Å². The highest BCUT2D eigenvalue weighted by molar-refractivity contribution is 9.10. The predicted octanol–water partition coefficient (Wildman–Crippen LogP) is 4.85. The van der Waals surface area contributed by atoms with Crippen molar-refractivity contribution in [3.05, 3.63) is 47.0 Å². The van der Waals surface area contributed by atoms with Crippen molar-refractivity contribution in [1.82, 2.24) is 5.32 Å². The summed E-state index contributed by atoms with van der Waals surface area (Å²) in [4.78, 5) is 0. The molecule has 0 aliphatic carbocycles. The van der Waals surface area contributed by atoms with Crippen LogP contribution in [0.3, 0.4) is 0 Å². The Morgan fingerprint density at radius 1 is 1.35 bits per heavy atom. The summed E-state index contributed by atoms with van der Waals surface area (Å²) in [5.74, 6) is 0. The Bertz CT molecular complexity index is 335. The van der Waals surface area contributed by atoms with Crippen LogP contribution in [0.5, 0.6) is 0 Å². The van der Waals surface area contributed by atoms with Gasteiger partial charge in [-0.3, -0.25) is 0 Å². The molecule has 0 aliphatic rings. The van der Waals surface area contributed by atoms with E-state index in [1.807, 2.05) is 13.1 Å². The molecule has 0 spiro atoms. The minimum absolute atomic E-state index is 0.469. The zero-order chi connectivity index (χ0) is 12.5. The molecule has 0 saturated heterocycles. The van der Waals surface area contributed by atoms with Crippen LogP contribution in [0, 0.1) is 0 Å². The van der Waals surface area contributed by atoms with Crippen LogP contribution in [0.25, 0.3) is 0 Å². The lowest BCUT2D eigenvalue weighted by Gasteiger charge is -2.16. The van der Waals surface area contributed by atoms with Crippen LogP contribution >= 0.6 is 15.9 Å². The van der Waals surface area contributed by atoms with Gasteiger partial charge in [-0.05, 0) is 44.0 Å². The SMILES string of the molecule is C=CCCCCCC(NC)c1cccc(Br)c1. The summed E-state index contributed by atoms with van der Waals surface area (Å²) in [6.45, 7) is 3.75. The van der Waals surface area contributed by atoms with Crippen molar-refractivity contribution in [3.63, 3.8) is 0 Å². The maximum Gasteiger partial charge on any atom is 0.0317 e. The normalized spacial score (nSPS) is 12.4. The summed E-state index contributed by atoms with van der Waals surface area (Å²) in [5.41, 5.74) is 1.37. The third kappa shape index (κ3) is 5.51. The first-order valence-corrected chi connectivity index (χ1v) is 7.11. The number of allylic oxidation sites excluding steroid dienone is 1. The van der Waals surface area contributed by atoms with E-state index in [0.29, 0.717) is 6.04 Å². The quantitative estimate of drug-likeness (QED) is 0.534. The Balaban J connectivity index is 2.40. The first kappa shape index (κ1) is 14.5.